The van der Waals surface area contributed by atoms with Gasteiger partial charge in [-0.3, -0.25) is 14.4 Å². The number of ether oxygens (including phenoxy) is 1. The number of hydrogen-bond donors (Lipinski definition) is 4. The van der Waals surface area contributed by atoms with Crippen LogP contribution in [0.2, 0.25) is 0 Å². The second-order valence-electron chi connectivity index (χ2n) is 14.6. The number of piperidine rings is 1. The van der Waals surface area contributed by atoms with E-state index in [9.17, 15) is 49.2 Å². The molecule has 0 bridgehead atoms. The maximum atomic E-state index is 12.9. The van der Waals surface area contributed by atoms with Gasteiger partial charge in [-0.15, -0.1) is 0 Å². The Balaban J connectivity index is 0.000000317. The molecule has 2 fully saturated rings. The van der Waals surface area contributed by atoms with Gasteiger partial charge in [-0.05, 0) is 56.3 Å². The van der Waals surface area contributed by atoms with E-state index in [1.807, 2.05) is 26.8 Å². The lowest BCUT2D eigenvalue weighted by Gasteiger charge is -2.40. The fourth-order valence-corrected chi connectivity index (χ4v) is 7.33. The molecule has 3 unspecified atom stereocenters. The fourth-order valence-electron chi connectivity index (χ4n) is 7.33. The van der Waals surface area contributed by atoms with Crippen LogP contribution in [0.5, 0.6) is 5.75 Å². The number of carboxylic acids is 2. The number of benzene rings is 3. The molecule has 2 heterocycles. The van der Waals surface area contributed by atoms with E-state index in [1.54, 1.807) is 14.0 Å². The minimum atomic E-state index is -3.95. The van der Waals surface area contributed by atoms with Gasteiger partial charge in [0.05, 0.1) is 7.11 Å². The van der Waals surface area contributed by atoms with E-state index in [4.69, 9.17) is 4.74 Å². The predicted molar refractivity (Wildman–Crippen MR) is 217 cm³/mol. The Labute approximate surface area is 343 Å². The van der Waals surface area contributed by atoms with Crippen molar-refractivity contribution in [1.29, 1.82) is 0 Å². The first kappa shape index (κ1) is 47.7. The molecule has 16 heteroatoms. The highest BCUT2D eigenvalue weighted by atomic mass is 16.5. The lowest BCUT2D eigenvalue weighted by atomic mass is 9.73. The molecule has 0 radical (unpaired) electrons. The number of rotatable bonds is 14. The summed E-state index contributed by atoms with van der Waals surface area (Å²) in [7, 11) is 1.70. The van der Waals surface area contributed by atoms with E-state index in [0.717, 1.165) is 75.5 Å². The summed E-state index contributed by atoms with van der Waals surface area (Å²) < 4.78 is 5.26. The number of piperazine rings is 1. The van der Waals surface area contributed by atoms with Crippen molar-refractivity contribution in [3.63, 3.8) is 0 Å². The lowest BCUT2D eigenvalue weighted by Crippen LogP contribution is -2.71. The first-order valence-corrected chi connectivity index (χ1v) is 19.4. The number of likely N-dealkylation sites (tertiary alicyclic amines) is 1. The van der Waals surface area contributed by atoms with Gasteiger partial charge in [-0.2, -0.15) is 0 Å². The van der Waals surface area contributed by atoms with E-state index in [1.165, 1.54) is 42.0 Å². The number of amides is 3. The molecule has 2 saturated heterocycles. The van der Waals surface area contributed by atoms with Crippen molar-refractivity contribution in [3.8, 4) is 5.75 Å². The summed E-state index contributed by atoms with van der Waals surface area (Å²) in [6, 6.07) is 21.8. The third-order valence-corrected chi connectivity index (χ3v) is 11.0. The van der Waals surface area contributed by atoms with Crippen molar-refractivity contribution in [3.05, 3.63) is 102 Å². The van der Waals surface area contributed by atoms with Crippen molar-refractivity contribution >= 4 is 35.4 Å². The van der Waals surface area contributed by atoms with E-state index in [2.05, 4.69) is 30.9 Å². The van der Waals surface area contributed by atoms with Crippen LogP contribution in [0, 0.1) is 5.92 Å². The van der Waals surface area contributed by atoms with E-state index >= 15 is 0 Å². The number of likely N-dealkylation sites (N-methyl/N-ethyl adjacent to an activating group) is 1. The van der Waals surface area contributed by atoms with Gasteiger partial charge in [0.15, 0.2) is 0 Å². The van der Waals surface area contributed by atoms with Crippen molar-refractivity contribution in [2.45, 2.75) is 57.3 Å². The predicted octanol–water partition coefficient (Wildman–Crippen LogP) is 2.50. The van der Waals surface area contributed by atoms with Crippen LogP contribution in [0.3, 0.4) is 0 Å². The van der Waals surface area contributed by atoms with Gasteiger partial charge in [0.1, 0.15) is 5.75 Å². The molecule has 0 saturated carbocycles. The zero-order valence-electron chi connectivity index (χ0n) is 34.0. The topological polar surface area (TPSA) is 237 Å². The Morgan fingerprint density at radius 2 is 1.14 bits per heavy atom. The molecule has 2 aliphatic heterocycles. The van der Waals surface area contributed by atoms with Crippen molar-refractivity contribution in [2.24, 2.45) is 5.92 Å². The number of aliphatic hydroxyl groups is 2. The van der Waals surface area contributed by atoms with Crippen LogP contribution in [0.1, 0.15) is 59.9 Å². The summed E-state index contributed by atoms with van der Waals surface area (Å²) in [4.78, 5) is 81.3. The SMILES string of the molecule is CCN(CC1CCN(C(=O)N2CCN(C(C)=O)CC2)CC1)C(C)Cc1ccc(OC)cc1.O.O=C(O)C(O)(C(=O)c1ccccc1)C(O)(C(=O)O)C(=O)c1ccccc1. The van der Waals surface area contributed by atoms with Crippen LogP contribution < -0.4 is 4.74 Å². The molecule has 3 aromatic carbocycles. The van der Waals surface area contributed by atoms with Gasteiger partial charge in [-0.25, -0.2) is 14.4 Å². The average molecular weight is 821 g/mol. The molecule has 320 valence electrons. The fraction of sp³-hybridized carbons (Fsp3) is 0.442. The summed E-state index contributed by atoms with van der Waals surface area (Å²) >= 11 is 0. The number of carbonyl (C=O) groups is 6. The third kappa shape index (κ3) is 11.1. The molecule has 3 aromatic rings. The van der Waals surface area contributed by atoms with Crippen LogP contribution in [0.4, 0.5) is 4.79 Å². The second-order valence-corrected chi connectivity index (χ2v) is 14.6. The molecule has 59 heavy (non-hydrogen) atoms. The minimum Gasteiger partial charge on any atom is -0.497 e. The standard InChI is InChI=1S/C25H40N4O3.C18H14O8.H2O/c1-5-26(20(2)18-22-6-8-24(32-4)9-7-22)19-23-10-12-28(13-11-23)25(31)29-16-14-27(15-17-29)21(3)30;19-13(11-7-3-1-4-8-11)17(25,15(21)22)18(26,16(23)24)14(20)12-9-5-2-6-10-12;/h6-9,20,23H,5,10-19H2,1-4H3;1-10,25-26H,(H,21,22)(H,23,24);1H2. The molecular weight excluding hydrogens is 764 g/mol. The zero-order valence-corrected chi connectivity index (χ0v) is 34.0. The van der Waals surface area contributed by atoms with Gasteiger partial charge < -0.3 is 50.2 Å². The summed E-state index contributed by atoms with van der Waals surface area (Å²) in [6.07, 6.45) is 3.15. The molecule has 16 nitrogen and oxygen atoms in total. The first-order chi connectivity index (χ1) is 27.6. The monoisotopic (exact) mass is 820 g/mol. The Morgan fingerprint density at radius 3 is 1.53 bits per heavy atom. The number of methoxy groups -OCH3 is 1. The van der Waals surface area contributed by atoms with E-state index in [0.29, 0.717) is 38.1 Å². The van der Waals surface area contributed by atoms with E-state index < -0.39 is 45.8 Å². The van der Waals surface area contributed by atoms with Gasteiger partial charge in [-0.1, -0.05) is 79.7 Å². The molecule has 0 aliphatic carbocycles. The zero-order chi connectivity index (χ0) is 42.6. The maximum Gasteiger partial charge on any atom is 0.348 e. The number of carbonyl (C=O) groups excluding carboxylic acids is 4. The van der Waals surface area contributed by atoms with Crippen LogP contribution in [0.15, 0.2) is 84.9 Å². The highest BCUT2D eigenvalue weighted by molar-refractivity contribution is 6.28. The molecule has 3 amide bonds. The normalized spacial score (nSPS) is 16.9. The van der Waals surface area contributed by atoms with Gasteiger partial charge in [0, 0.05) is 69.9 Å². The number of carboxylic acid groups (broad SMARTS) is 2. The summed E-state index contributed by atoms with van der Waals surface area (Å²) in [5.74, 6) is -6.40. The number of Topliss-reactive ketones (excluding diaryl/α,β-unsaturated/α-hetero) is 2. The van der Waals surface area contributed by atoms with Crippen molar-refractivity contribution in [2.75, 3.05) is 59.5 Å². The summed E-state index contributed by atoms with van der Waals surface area (Å²) in [5.41, 5.74) is -7.35. The highest BCUT2D eigenvalue weighted by Crippen LogP contribution is 2.32. The molecule has 0 aromatic heterocycles. The maximum absolute atomic E-state index is 12.9. The minimum absolute atomic E-state index is 0. The molecule has 6 N–H and O–H groups in total. The van der Waals surface area contributed by atoms with Gasteiger partial charge in [0.2, 0.25) is 17.5 Å². The number of ketones is 2. The van der Waals surface area contributed by atoms with Crippen LogP contribution in [0.25, 0.3) is 0 Å². The van der Waals surface area contributed by atoms with Crippen LogP contribution in [-0.4, -0.2) is 158 Å². The second kappa shape index (κ2) is 21.4. The Kier molecular flexibility index (Phi) is 17.3. The largest absolute Gasteiger partial charge is 0.497 e. The highest BCUT2D eigenvalue weighted by Gasteiger charge is 2.69. The van der Waals surface area contributed by atoms with E-state index in [-0.39, 0.29) is 17.4 Å². The molecule has 3 atom stereocenters. The van der Waals surface area contributed by atoms with Crippen molar-refractivity contribution in [1.82, 2.24) is 19.6 Å². The quantitative estimate of drug-likeness (QED) is 0.136. The smallest absolute Gasteiger partial charge is 0.348 e. The Hall–Kier alpha value is -5.68. The summed E-state index contributed by atoms with van der Waals surface area (Å²) in [6.45, 7) is 12.5. The van der Waals surface area contributed by atoms with Crippen LogP contribution >= 0.6 is 0 Å². The third-order valence-electron chi connectivity index (χ3n) is 11.0. The Bertz CT molecular complexity index is 1810. The lowest BCUT2D eigenvalue weighted by molar-refractivity contribution is -0.187. The molecular formula is C43H56N4O12. The number of hydrogen-bond acceptors (Lipinski definition) is 10. The Morgan fingerprint density at radius 1 is 0.712 bits per heavy atom. The summed E-state index contributed by atoms with van der Waals surface area (Å²) in [5, 5.41) is 39.9. The van der Waals surface area contributed by atoms with Crippen LogP contribution in [-0.2, 0) is 20.8 Å². The average Bonchev–Trinajstić information content (AvgIpc) is 3.25. The van der Waals surface area contributed by atoms with Gasteiger partial charge >= 0.3 is 18.0 Å². The first-order valence-electron chi connectivity index (χ1n) is 19.4. The number of urea groups is 1. The molecule has 0 spiro atoms. The molecule has 5 rings (SSSR count). The van der Waals surface area contributed by atoms with Crippen molar-refractivity contribution < 1.29 is 59.4 Å². The van der Waals surface area contributed by atoms with Gasteiger partial charge in [0.25, 0.3) is 11.2 Å². The number of aliphatic carboxylic acids is 2. The molecule has 2 aliphatic rings. The number of nitrogens with zero attached hydrogens (tertiary/aromatic N) is 4.